The average Bonchev–Trinajstić information content (AvgIpc) is 2.33. The van der Waals surface area contributed by atoms with Gasteiger partial charge in [-0.3, -0.25) is 10.1 Å². The summed E-state index contributed by atoms with van der Waals surface area (Å²) in [6.45, 7) is 0.926. The van der Waals surface area contributed by atoms with Gasteiger partial charge in [0.25, 0.3) is 0 Å². The fourth-order valence-corrected chi connectivity index (χ4v) is 1.53. The summed E-state index contributed by atoms with van der Waals surface area (Å²) in [4.78, 5) is 18.2. The maximum atomic E-state index is 12.4. The molecule has 0 aromatic carbocycles. The third-order valence-electron chi connectivity index (χ3n) is 2.31. The zero-order valence-electron chi connectivity index (χ0n) is 10.9. The molecule has 7 nitrogen and oxygen atoms in total. The van der Waals surface area contributed by atoms with Gasteiger partial charge in [0.2, 0.25) is 11.6 Å². The van der Waals surface area contributed by atoms with E-state index >= 15 is 0 Å². The van der Waals surface area contributed by atoms with Crippen molar-refractivity contribution in [1.82, 2.24) is 9.97 Å². The number of anilines is 2. The SMILES string of the molecule is CCCNc1ncnc(N(C)CC(F)(F)F)c1[N+](=O)[O-]. The van der Waals surface area contributed by atoms with Crippen LogP contribution in [0.4, 0.5) is 30.5 Å². The number of hydrogen-bond donors (Lipinski definition) is 1. The van der Waals surface area contributed by atoms with Crippen LogP contribution >= 0.6 is 0 Å². The van der Waals surface area contributed by atoms with Crippen LogP contribution in [0, 0.1) is 10.1 Å². The average molecular weight is 293 g/mol. The third kappa shape index (κ3) is 4.21. The summed E-state index contributed by atoms with van der Waals surface area (Å²) in [6, 6.07) is 0. The Morgan fingerprint density at radius 1 is 1.45 bits per heavy atom. The zero-order chi connectivity index (χ0) is 15.3. The van der Waals surface area contributed by atoms with Gasteiger partial charge >= 0.3 is 11.9 Å². The summed E-state index contributed by atoms with van der Waals surface area (Å²) in [7, 11) is 1.09. The van der Waals surface area contributed by atoms with E-state index in [0.29, 0.717) is 17.9 Å². The molecule has 0 fully saturated rings. The van der Waals surface area contributed by atoms with Crippen LogP contribution in [0.1, 0.15) is 13.3 Å². The maximum absolute atomic E-state index is 12.4. The summed E-state index contributed by atoms with van der Waals surface area (Å²) < 4.78 is 37.1. The molecule has 0 saturated carbocycles. The largest absolute Gasteiger partial charge is 0.405 e. The van der Waals surface area contributed by atoms with Gasteiger partial charge in [-0.25, -0.2) is 9.97 Å². The second-order valence-electron chi connectivity index (χ2n) is 4.05. The van der Waals surface area contributed by atoms with E-state index in [1.165, 1.54) is 0 Å². The monoisotopic (exact) mass is 293 g/mol. The molecule has 0 saturated heterocycles. The standard InChI is InChI=1S/C10H14F3N5O2/c1-3-4-14-8-7(18(19)20)9(16-6-15-8)17(2)5-10(11,12)13/h6H,3-5H2,1-2H3,(H,14,15,16). The summed E-state index contributed by atoms with van der Waals surface area (Å²) in [6.07, 6.45) is -2.80. The summed E-state index contributed by atoms with van der Waals surface area (Å²) in [5.74, 6) is -0.461. The van der Waals surface area contributed by atoms with E-state index in [-0.39, 0.29) is 11.6 Å². The highest BCUT2D eigenvalue weighted by molar-refractivity contribution is 5.70. The van der Waals surface area contributed by atoms with Crippen LogP contribution in [-0.2, 0) is 0 Å². The lowest BCUT2D eigenvalue weighted by atomic mass is 10.3. The third-order valence-corrected chi connectivity index (χ3v) is 2.31. The van der Waals surface area contributed by atoms with Crippen molar-refractivity contribution in [3.63, 3.8) is 0 Å². The van der Waals surface area contributed by atoms with Crippen LogP contribution in [0.5, 0.6) is 0 Å². The molecule has 0 aliphatic carbocycles. The molecule has 1 N–H and O–H groups in total. The van der Waals surface area contributed by atoms with Crippen molar-refractivity contribution in [3.8, 4) is 0 Å². The van der Waals surface area contributed by atoms with Crippen LogP contribution in [-0.4, -0.2) is 41.2 Å². The Morgan fingerprint density at radius 2 is 2.10 bits per heavy atom. The second kappa shape index (κ2) is 6.35. The second-order valence-corrected chi connectivity index (χ2v) is 4.05. The molecular formula is C10H14F3N5O2. The van der Waals surface area contributed by atoms with Crippen LogP contribution in [0.25, 0.3) is 0 Å². The van der Waals surface area contributed by atoms with E-state index in [0.717, 1.165) is 13.4 Å². The molecule has 1 rings (SSSR count). The fourth-order valence-electron chi connectivity index (χ4n) is 1.53. The molecule has 1 aromatic rings. The first-order valence-electron chi connectivity index (χ1n) is 5.77. The molecule has 0 atom stereocenters. The smallest absolute Gasteiger partial charge is 0.364 e. The Balaban J connectivity index is 3.15. The van der Waals surface area contributed by atoms with Crippen LogP contribution in [0.3, 0.4) is 0 Å². The number of halogens is 3. The molecule has 0 aliphatic rings. The van der Waals surface area contributed by atoms with Crippen molar-refractivity contribution < 1.29 is 18.1 Å². The quantitative estimate of drug-likeness (QED) is 0.639. The number of nitrogens with one attached hydrogen (secondary N) is 1. The molecule has 10 heteroatoms. The highest BCUT2D eigenvalue weighted by Crippen LogP contribution is 2.32. The first-order valence-corrected chi connectivity index (χ1v) is 5.77. The highest BCUT2D eigenvalue weighted by atomic mass is 19.4. The minimum absolute atomic E-state index is 0.0872. The van der Waals surface area contributed by atoms with Crippen LogP contribution < -0.4 is 10.2 Å². The Bertz CT molecular complexity index is 480. The van der Waals surface area contributed by atoms with Gasteiger partial charge < -0.3 is 10.2 Å². The molecule has 112 valence electrons. The van der Waals surface area contributed by atoms with Crippen molar-refractivity contribution >= 4 is 17.3 Å². The highest BCUT2D eigenvalue weighted by Gasteiger charge is 2.33. The fraction of sp³-hybridized carbons (Fsp3) is 0.600. The lowest BCUT2D eigenvalue weighted by Crippen LogP contribution is -2.32. The van der Waals surface area contributed by atoms with E-state index in [1.54, 1.807) is 0 Å². The lowest BCUT2D eigenvalue weighted by Gasteiger charge is -2.20. The predicted molar refractivity (Wildman–Crippen MR) is 66.8 cm³/mol. The van der Waals surface area contributed by atoms with Gasteiger partial charge in [-0.15, -0.1) is 0 Å². The Labute approximate surface area is 113 Å². The van der Waals surface area contributed by atoms with Crippen molar-refractivity contribution in [2.45, 2.75) is 19.5 Å². The van der Waals surface area contributed by atoms with E-state index < -0.39 is 23.3 Å². The summed E-state index contributed by atoms with van der Waals surface area (Å²) in [5.41, 5.74) is -0.562. The maximum Gasteiger partial charge on any atom is 0.405 e. The summed E-state index contributed by atoms with van der Waals surface area (Å²) >= 11 is 0. The zero-order valence-corrected chi connectivity index (χ0v) is 10.9. The van der Waals surface area contributed by atoms with E-state index in [9.17, 15) is 23.3 Å². The number of nitrogens with zero attached hydrogens (tertiary/aromatic N) is 4. The molecular weight excluding hydrogens is 279 g/mol. The van der Waals surface area contributed by atoms with Gasteiger partial charge in [0.1, 0.15) is 12.9 Å². The minimum atomic E-state index is -4.48. The molecule has 1 aromatic heterocycles. The Kier molecular flexibility index (Phi) is 5.06. The van der Waals surface area contributed by atoms with E-state index in [4.69, 9.17) is 0 Å². The van der Waals surface area contributed by atoms with Crippen LogP contribution in [0.15, 0.2) is 6.33 Å². The Morgan fingerprint density at radius 3 is 2.60 bits per heavy atom. The first-order chi connectivity index (χ1) is 9.26. The topological polar surface area (TPSA) is 84.2 Å². The van der Waals surface area contributed by atoms with Gasteiger partial charge in [-0.2, -0.15) is 13.2 Å². The molecule has 0 amide bonds. The first kappa shape index (κ1) is 15.9. The molecule has 1 heterocycles. The normalized spacial score (nSPS) is 11.2. The number of rotatable bonds is 6. The minimum Gasteiger partial charge on any atom is -0.364 e. The van der Waals surface area contributed by atoms with Gasteiger partial charge in [0.15, 0.2) is 0 Å². The van der Waals surface area contributed by atoms with Gasteiger partial charge in [0.05, 0.1) is 4.92 Å². The summed E-state index contributed by atoms with van der Waals surface area (Å²) in [5, 5.41) is 13.8. The van der Waals surface area contributed by atoms with Crippen molar-refractivity contribution in [3.05, 3.63) is 16.4 Å². The van der Waals surface area contributed by atoms with Gasteiger partial charge in [-0.1, -0.05) is 6.92 Å². The van der Waals surface area contributed by atoms with Gasteiger partial charge in [-0.05, 0) is 6.42 Å². The van der Waals surface area contributed by atoms with E-state index in [2.05, 4.69) is 15.3 Å². The van der Waals surface area contributed by atoms with Crippen molar-refractivity contribution in [1.29, 1.82) is 0 Å². The van der Waals surface area contributed by atoms with Crippen molar-refractivity contribution in [2.75, 3.05) is 30.4 Å². The van der Waals surface area contributed by atoms with Crippen molar-refractivity contribution in [2.24, 2.45) is 0 Å². The molecule has 0 bridgehead atoms. The van der Waals surface area contributed by atoms with Gasteiger partial charge in [0, 0.05) is 13.6 Å². The predicted octanol–water partition coefficient (Wildman–Crippen LogP) is 2.21. The number of alkyl halides is 3. The molecule has 0 radical (unpaired) electrons. The Hall–Kier alpha value is -2.13. The molecule has 0 unspecified atom stereocenters. The van der Waals surface area contributed by atoms with Crippen LogP contribution in [0.2, 0.25) is 0 Å². The van der Waals surface area contributed by atoms with E-state index in [1.807, 2.05) is 6.92 Å². The lowest BCUT2D eigenvalue weighted by molar-refractivity contribution is -0.383. The number of aromatic nitrogens is 2. The molecule has 20 heavy (non-hydrogen) atoms. The number of hydrogen-bond acceptors (Lipinski definition) is 6. The molecule has 0 aliphatic heterocycles. The number of nitro groups is 1. The molecule has 0 spiro atoms.